The van der Waals surface area contributed by atoms with Gasteiger partial charge in [-0.15, -0.1) is 0 Å². The monoisotopic (exact) mass is 344 g/mol. The van der Waals surface area contributed by atoms with Crippen LogP contribution in [0.15, 0.2) is 27.8 Å². The molecular formula is C17H13FN2O5. The lowest BCUT2D eigenvalue weighted by Gasteiger charge is -2.12. The van der Waals surface area contributed by atoms with Gasteiger partial charge in [-0.25, -0.2) is 9.74 Å². The highest BCUT2D eigenvalue weighted by atomic mass is 19.3. The van der Waals surface area contributed by atoms with Crippen molar-refractivity contribution in [2.45, 2.75) is 20.1 Å². The molecule has 0 radical (unpaired) electrons. The Bertz CT molecular complexity index is 1210. The lowest BCUT2D eigenvalue weighted by molar-refractivity contribution is -0.196. The van der Waals surface area contributed by atoms with Crippen molar-refractivity contribution in [3.63, 3.8) is 0 Å². The highest BCUT2D eigenvalue weighted by Gasteiger charge is 2.37. The number of halogens is 1. The first-order chi connectivity index (χ1) is 11.8. The minimum atomic E-state index is -1.57. The number of benzene rings is 1. The Morgan fingerprint density at radius 1 is 1.08 bits per heavy atom. The van der Waals surface area contributed by atoms with Gasteiger partial charge in [0.05, 0.1) is 5.52 Å². The lowest BCUT2D eigenvalue weighted by atomic mass is 10.0. The third kappa shape index (κ3) is 1.87. The van der Waals surface area contributed by atoms with E-state index in [-0.39, 0.29) is 11.3 Å². The minimum absolute atomic E-state index is 0.187. The Balaban J connectivity index is 2.29. The minimum Gasteiger partial charge on any atom is -0.454 e. The van der Waals surface area contributed by atoms with Crippen molar-refractivity contribution >= 4 is 27.8 Å². The molecule has 1 aliphatic rings. The number of hydrogen-bond acceptors (Lipinski definition) is 5. The summed E-state index contributed by atoms with van der Waals surface area (Å²) in [5, 5.41) is 1.42. The Labute approximate surface area is 139 Å². The third-order valence-corrected chi connectivity index (χ3v) is 4.64. The number of ether oxygens (including phenoxy) is 1. The molecule has 0 amide bonds. The molecule has 0 aliphatic carbocycles. The summed E-state index contributed by atoms with van der Waals surface area (Å²) >= 11 is 0. The number of carbonyl (C=O) groups excluding carboxylic acids is 1. The quantitative estimate of drug-likeness (QED) is 0.629. The van der Waals surface area contributed by atoms with Gasteiger partial charge in [0.2, 0.25) is 0 Å². The number of nitrogens with zero attached hydrogens (tertiary/aromatic N) is 2. The van der Waals surface area contributed by atoms with Crippen molar-refractivity contribution in [1.29, 1.82) is 0 Å². The lowest BCUT2D eigenvalue weighted by Crippen LogP contribution is -2.30. The van der Waals surface area contributed by atoms with Crippen LogP contribution in [0.5, 0.6) is 5.75 Å². The average Bonchev–Trinajstić information content (AvgIpc) is 2.97. The standard InChI is InChI=1S/C17H13FN2O5/c1-7-4-11(21)19(3)13-9(7)6-10-8(2)5-12(22)20-14(10)15(13)24-16(20)17(23)25-18/h4-6,16H,1-3H3. The molecule has 1 atom stereocenters. The largest absolute Gasteiger partial charge is 0.454 e. The van der Waals surface area contributed by atoms with E-state index < -0.39 is 17.8 Å². The van der Waals surface area contributed by atoms with E-state index in [1.165, 1.54) is 16.7 Å². The van der Waals surface area contributed by atoms with Gasteiger partial charge in [0.15, 0.2) is 5.75 Å². The smallest absolute Gasteiger partial charge is 0.410 e. The van der Waals surface area contributed by atoms with Gasteiger partial charge < -0.3 is 9.30 Å². The molecule has 3 aromatic rings. The van der Waals surface area contributed by atoms with Crippen molar-refractivity contribution < 1.29 is 19.0 Å². The van der Waals surface area contributed by atoms with Gasteiger partial charge in [-0.3, -0.25) is 14.2 Å². The zero-order valence-electron chi connectivity index (χ0n) is 13.6. The highest BCUT2D eigenvalue weighted by molar-refractivity contribution is 6.06. The normalized spacial score (nSPS) is 15.6. The predicted octanol–water partition coefficient (Wildman–Crippen LogP) is 1.79. The van der Waals surface area contributed by atoms with Gasteiger partial charge in [-0.1, -0.05) is 0 Å². The van der Waals surface area contributed by atoms with Crippen molar-refractivity contribution in [1.82, 2.24) is 9.13 Å². The Morgan fingerprint density at radius 2 is 1.68 bits per heavy atom. The van der Waals surface area contributed by atoms with E-state index in [2.05, 4.69) is 4.94 Å². The number of rotatable bonds is 1. The molecule has 0 bridgehead atoms. The van der Waals surface area contributed by atoms with Crippen molar-refractivity contribution in [3.8, 4) is 5.75 Å². The van der Waals surface area contributed by atoms with E-state index in [9.17, 15) is 18.9 Å². The maximum absolute atomic E-state index is 12.5. The van der Waals surface area contributed by atoms with Gasteiger partial charge in [-0.2, -0.15) is 0 Å². The van der Waals surface area contributed by atoms with Crippen LogP contribution < -0.4 is 15.9 Å². The van der Waals surface area contributed by atoms with Crippen LogP contribution in [0.1, 0.15) is 17.4 Å². The first kappa shape index (κ1) is 15.4. The molecular weight excluding hydrogens is 331 g/mol. The fourth-order valence-corrected chi connectivity index (χ4v) is 3.42. The summed E-state index contributed by atoms with van der Waals surface area (Å²) in [6, 6.07) is 4.68. The third-order valence-electron chi connectivity index (χ3n) is 4.64. The van der Waals surface area contributed by atoms with Gasteiger partial charge in [0.25, 0.3) is 17.3 Å². The van der Waals surface area contributed by atoms with Gasteiger partial charge in [-0.05, 0) is 31.0 Å². The van der Waals surface area contributed by atoms with E-state index in [1.54, 1.807) is 20.9 Å². The second-order valence-corrected chi connectivity index (χ2v) is 6.12. The average molecular weight is 344 g/mol. The van der Waals surface area contributed by atoms with Crippen LogP contribution in [0, 0.1) is 13.8 Å². The summed E-state index contributed by atoms with van der Waals surface area (Å²) < 4.78 is 20.5. The Kier molecular flexibility index (Phi) is 3.02. The van der Waals surface area contributed by atoms with Gasteiger partial charge in [0, 0.05) is 34.5 Å². The molecule has 0 spiro atoms. The number of aryl methyl sites for hydroxylation is 3. The molecule has 0 N–H and O–H groups in total. The first-order valence-corrected chi connectivity index (χ1v) is 7.53. The molecule has 1 aliphatic heterocycles. The van der Waals surface area contributed by atoms with Crippen LogP contribution in [0.3, 0.4) is 0 Å². The number of hydrogen-bond donors (Lipinski definition) is 0. The number of aromatic nitrogens is 2. The van der Waals surface area contributed by atoms with Crippen LogP contribution in [0.4, 0.5) is 4.53 Å². The molecule has 1 aromatic carbocycles. The molecule has 0 saturated carbocycles. The van der Waals surface area contributed by atoms with E-state index in [1.807, 2.05) is 6.07 Å². The van der Waals surface area contributed by atoms with Crippen molar-refractivity contribution in [2.75, 3.05) is 0 Å². The zero-order valence-corrected chi connectivity index (χ0v) is 13.6. The fourth-order valence-electron chi connectivity index (χ4n) is 3.42. The van der Waals surface area contributed by atoms with Gasteiger partial charge in [0.1, 0.15) is 5.52 Å². The molecule has 2 aromatic heterocycles. The van der Waals surface area contributed by atoms with Crippen LogP contribution in [-0.4, -0.2) is 15.1 Å². The number of pyridine rings is 2. The molecule has 0 fully saturated rings. The Morgan fingerprint density at radius 3 is 2.32 bits per heavy atom. The molecule has 1 unspecified atom stereocenters. The second-order valence-electron chi connectivity index (χ2n) is 6.12. The van der Waals surface area contributed by atoms with Crippen molar-refractivity contribution in [3.05, 3.63) is 50.0 Å². The molecule has 7 nitrogen and oxygen atoms in total. The van der Waals surface area contributed by atoms with E-state index in [4.69, 9.17) is 4.74 Å². The van der Waals surface area contributed by atoms with Crippen molar-refractivity contribution in [2.24, 2.45) is 7.05 Å². The highest BCUT2D eigenvalue weighted by Crippen LogP contribution is 2.42. The fraction of sp³-hybridized carbons (Fsp3) is 0.235. The van der Waals surface area contributed by atoms with Crippen LogP contribution in [0.2, 0.25) is 0 Å². The van der Waals surface area contributed by atoms with E-state index in [0.29, 0.717) is 22.0 Å². The summed E-state index contributed by atoms with van der Waals surface area (Å²) in [4.78, 5) is 39.6. The molecule has 25 heavy (non-hydrogen) atoms. The molecule has 3 heterocycles. The SMILES string of the molecule is Cc1cc(=O)n(C)c2c3c4c(cc12)c(C)cc(=O)n4C(C(=O)OF)O3. The first-order valence-electron chi connectivity index (χ1n) is 7.53. The maximum Gasteiger partial charge on any atom is 0.410 e. The summed E-state index contributed by atoms with van der Waals surface area (Å²) in [5.74, 6) is -1.15. The number of fused-ring (bicyclic) bond motifs is 2. The topological polar surface area (TPSA) is 79.5 Å². The van der Waals surface area contributed by atoms with Crippen LogP contribution >= 0.6 is 0 Å². The van der Waals surface area contributed by atoms with Gasteiger partial charge >= 0.3 is 5.97 Å². The number of carbonyl (C=O) groups is 1. The summed E-state index contributed by atoms with van der Waals surface area (Å²) in [7, 11) is 1.56. The Hall–Kier alpha value is -3.16. The molecule has 4 rings (SSSR count). The molecule has 8 heteroatoms. The summed E-state index contributed by atoms with van der Waals surface area (Å²) in [5.41, 5.74) is 1.41. The molecule has 0 saturated heterocycles. The maximum atomic E-state index is 12.5. The van der Waals surface area contributed by atoms with Crippen LogP contribution in [-0.2, 0) is 16.8 Å². The molecule has 128 valence electrons. The second kappa shape index (κ2) is 4.92. The zero-order chi connectivity index (χ0) is 18.0. The van der Waals surface area contributed by atoms with E-state index in [0.717, 1.165) is 15.5 Å². The predicted molar refractivity (Wildman–Crippen MR) is 87.3 cm³/mol. The summed E-state index contributed by atoms with van der Waals surface area (Å²) in [6.07, 6.45) is -1.57. The van der Waals surface area contributed by atoms with Crippen LogP contribution in [0.25, 0.3) is 21.8 Å². The summed E-state index contributed by atoms with van der Waals surface area (Å²) in [6.45, 7) is 3.55. The van der Waals surface area contributed by atoms with E-state index >= 15 is 0 Å².